The molecule has 1 amide bonds. The fraction of sp³-hybridized carbons (Fsp3) is 0.636. The summed E-state index contributed by atoms with van der Waals surface area (Å²) in [6.07, 6.45) is 6.99. The maximum atomic E-state index is 11.4. The van der Waals surface area contributed by atoms with Gasteiger partial charge < -0.3 is 10.4 Å². The first-order chi connectivity index (χ1) is 7.61. The molecule has 0 aromatic carbocycles. The Hall–Kier alpha value is -0.970. The summed E-state index contributed by atoms with van der Waals surface area (Å²) in [7, 11) is 0. The van der Waals surface area contributed by atoms with Crippen molar-refractivity contribution in [2.45, 2.75) is 32.2 Å². The smallest absolute Gasteiger partial charge is 0.326 e. The third-order valence-corrected chi connectivity index (χ3v) is 2.69. The Morgan fingerprint density at radius 2 is 2.19 bits per heavy atom. The second-order valence-electron chi connectivity index (χ2n) is 3.36. The van der Waals surface area contributed by atoms with Gasteiger partial charge in [0.1, 0.15) is 6.04 Å². The molecule has 0 rings (SSSR count). The SMILES string of the molecule is C/C=C/CC(NC(=O)CCCSC)C(=O)O. The molecule has 0 radical (unpaired) electrons. The van der Waals surface area contributed by atoms with Gasteiger partial charge in [-0.25, -0.2) is 4.79 Å². The van der Waals surface area contributed by atoms with E-state index in [1.807, 2.05) is 13.2 Å². The van der Waals surface area contributed by atoms with Crippen LogP contribution in [0.4, 0.5) is 0 Å². The van der Waals surface area contributed by atoms with Crippen LogP contribution in [0.3, 0.4) is 0 Å². The molecule has 2 N–H and O–H groups in total. The third kappa shape index (κ3) is 7.34. The van der Waals surface area contributed by atoms with Crippen LogP contribution in [-0.2, 0) is 9.59 Å². The molecule has 0 spiro atoms. The van der Waals surface area contributed by atoms with Crippen molar-refractivity contribution in [2.24, 2.45) is 0 Å². The van der Waals surface area contributed by atoms with E-state index in [2.05, 4.69) is 5.32 Å². The molecule has 0 aromatic rings. The Balaban J connectivity index is 3.98. The molecule has 1 atom stereocenters. The number of carbonyl (C=O) groups excluding carboxylic acids is 1. The lowest BCUT2D eigenvalue weighted by Gasteiger charge is -2.12. The second kappa shape index (κ2) is 9.27. The number of carbonyl (C=O) groups is 2. The van der Waals surface area contributed by atoms with Crippen molar-refractivity contribution in [2.75, 3.05) is 12.0 Å². The van der Waals surface area contributed by atoms with E-state index < -0.39 is 12.0 Å². The number of amides is 1. The molecule has 1 unspecified atom stereocenters. The van der Waals surface area contributed by atoms with Gasteiger partial charge in [0, 0.05) is 6.42 Å². The van der Waals surface area contributed by atoms with Crippen LogP contribution in [0.2, 0.25) is 0 Å². The molecule has 4 nitrogen and oxygen atoms in total. The lowest BCUT2D eigenvalue weighted by molar-refractivity contribution is -0.141. The van der Waals surface area contributed by atoms with Gasteiger partial charge in [-0.2, -0.15) is 11.8 Å². The van der Waals surface area contributed by atoms with Gasteiger partial charge in [-0.1, -0.05) is 12.2 Å². The number of carboxylic acid groups (broad SMARTS) is 1. The number of hydrogen-bond acceptors (Lipinski definition) is 3. The summed E-state index contributed by atoms with van der Waals surface area (Å²) >= 11 is 1.68. The molecule has 0 aliphatic rings. The minimum atomic E-state index is -0.990. The summed E-state index contributed by atoms with van der Waals surface area (Å²) in [6, 6.07) is -0.807. The minimum absolute atomic E-state index is 0.189. The zero-order valence-corrected chi connectivity index (χ0v) is 10.5. The predicted molar refractivity (Wildman–Crippen MR) is 66.6 cm³/mol. The van der Waals surface area contributed by atoms with Gasteiger partial charge in [0.15, 0.2) is 0 Å². The number of hydrogen-bond donors (Lipinski definition) is 2. The second-order valence-corrected chi connectivity index (χ2v) is 4.35. The molecule has 0 heterocycles. The number of carboxylic acids is 1. The van der Waals surface area contributed by atoms with E-state index in [0.29, 0.717) is 12.8 Å². The van der Waals surface area contributed by atoms with E-state index in [1.165, 1.54) is 0 Å². The van der Waals surface area contributed by atoms with E-state index in [-0.39, 0.29) is 5.91 Å². The van der Waals surface area contributed by atoms with Crippen molar-refractivity contribution in [3.8, 4) is 0 Å². The Bertz CT molecular complexity index is 254. The predicted octanol–water partition coefficient (Wildman–Crippen LogP) is 1.67. The van der Waals surface area contributed by atoms with Crippen LogP contribution in [-0.4, -0.2) is 35.0 Å². The van der Waals surface area contributed by atoms with Gasteiger partial charge in [-0.15, -0.1) is 0 Å². The zero-order chi connectivity index (χ0) is 12.4. The highest BCUT2D eigenvalue weighted by Crippen LogP contribution is 2.01. The van der Waals surface area contributed by atoms with Crippen molar-refractivity contribution in [1.82, 2.24) is 5.32 Å². The van der Waals surface area contributed by atoms with Crippen LogP contribution < -0.4 is 5.32 Å². The Morgan fingerprint density at radius 3 is 2.69 bits per heavy atom. The molecular formula is C11H19NO3S. The summed E-state index contributed by atoms with van der Waals surface area (Å²) in [4.78, 5) is 22.2. The van der Waals surface area contributed by atoms with Crippen molar-refractivity contribution >= 4 is 23.6 Å². The highest BCUT2D eigenvalue weighted by Gasteiger charge is 2.17. The van der Waals surface area contributed by atoms with Crippen molar-refractivity contribution in [1.29, 1.82) is 0 Å². The van der Waals surface area contributed by atoms with Gasteiger partial charge in [-0.3, -0.25) is 4.79 Å². The van der Waals surface area contributed by atoms with E-state index >= 15 is 0 Å². The number of allylic oxidation sites excluding steroid dienone is 1. The Morgan fingerprint density at radius 1 is 1.50 bits per heavy atom. The molecule has 0 bridgehead atoms. The molecule has 0 fully saturated rings. The number of nitrogens with one attached hydrogen (secondary N) is 1. The largest absolute Gasteiger partial charge is 0.480 e. The molecule has 0 saturated heterocycles. The maximum absolute atomic E-state index is 11.4. The normalized spacial score (nSPS) is 12.6. The van der Waals surface area contributed by atoms with Crippen molar-refractivity contribution in [3.05, 3.63) is 12.2 Å². The van der Waals surface area contributed by atoms with Crippen LogP contribution in [0.15, 0.2) is 12.2 Å². The molecule has 5 heteroatoms. The first kappa shape index (κ1) is 15.0. The summed E-state index contributed by atoms with van der Waals surface area (Å²) in [5.74, 6) is -0.262. The van der Waals surface area contributed by atoms with E-state index in [0.717, 1.165) is 12.2 Å². The van der Waals surface area contributed by atoms with Crippen LogP contribution >= 0.6 is 11.8 Å². The fourth-order valence-electron chi connectivity index (χ4n) is 1.14. The van der Waals surface area contributed by atoms with E-state index in [1.54, 1.807) is 23.9 Å². The molecule has 0 aliphatic carbocycles. The van der Waals surface area contributed by atoms with Crippen LogP contribution in [0.5, 0.6) is 0 Å². The average Bonchev–Trinajstić information content (AvgIpc) is 2.24. The Kier molecular flexibility index (Phi) is 8.71. The summed E-state index contributed by atoms with van der Waals surface area (Å²) in [6.45, 7) is 1.82. The molecule has 16 heavy (non-hydrogen) atoms. The van der Waals surface area contributed by atoms with E-state index in [4.69, 9.17) is 5.11 Å². The van der Waals surface area contributed by atoms with Crippen molar-refractivity contribution < 1.29 is 14.7 Å². The molecule has 0 aliphatic heterocycles. The van der Waals surface area contributed by atoms with Gasteiger partial charge >= 0.3 is 5.97 Å². The maximum Gasteiger partial charge on any atom is 0.326 e. The van der Waals surface area contributed by atoms with Gasteiger partial charge in [0.25, 0.3) is 0 Å². The first-order valence-corrected chi connectivity index (χ1v) is 6.63. The molecule has 0 saturated carbocycles. The lowest BCUT2D eigenvalue weighted by Crippen LogP contribution is -2.40. The monoisotopic (exact) mass is 245 g/mol. The zero-order valence-electron chi connectivity index (χ0n) is 9.73. The third-order valence-electron chi connectivity index (χ3n) is 1.99. The topological polar surface area (TPSA) is 66.4 Å². The van der Waals surface area contributed by atoms with E-state index in [9.17, 15) is 9.59 Å². The summed E-state index contributed by atoms with van der Waals surface area (Å²) in [5, 5.41) is 11.4. The number of aliphatic carboxylic acids is 1. The van der Waals surface area contributed by atoms with Crippen molar-refractivity contribution in [3.63, 3.8) is 0 Å². The highest BCUT2D eigenvalue weighted by molar-refractivity contribution is 7.98. The lowest BCUT2D eigenvalue weighted by atomic mass is 10.2. The van der Waals surface area contributed by atoms with Crippen LogP contribution in [0, 0.1) is 0 Å². The van der Waals surface area contributed by atoms with Crippen LogP contribution in [0.1, 0.15) is 26.2 Å². The number of thioether (sulfide) groups is 1. The van der Waals surface area contributed by atoms with Crippen LogP contribution in [0.25, 0.3) is 0 Å². The first-order valence-electron chi connectivity index (χ1n) is 5.24. The summed E-state index contributed by atoms with van der Waals surface area (Å²) < 4.78 is 0. The van der Waals surface area contributed by atoms with Gasteiger partial charge in [-0.05, 0) is 31.8 Å². The minimum Gasteiger partial charge on any atom is -0.480 e. The van der Waals surface area contributed by atoms with Gasteiger partial charge in [0.05, 0.1) is 0 Å². The molecule has 0 aromatic heterocycles. The fourth-order valence-corrected chi connectivity index (χ4v) is 1.57. The standard InChI is InChI=1S/C11H19NO3S/c1-3-4-6-9(11(14)15)12-10(13)7-5-8-16-2/h3-4,9H,5-8H2,1-2H3,(H,12,13)(H,14,15)/b4-3+. The van der Waals surface area contributed by atoms with Gasteiger partial charge in [0.2, 0.25) is 5.91 Å². The molecular weight excluding hydrogens is 226 g/mol. The quantitative estimate of drug-likeness (QED) is 0.504. The Labute approximate surface area is 100 Å². The number of rotatable bonds is 8. The molecule has 92 valence electrons. The summed E-state index contributed by atoms with van der Waals surface area (Å²) in [5.41, 5.74) is 0. The average molecular weight is 245 g/mol. The highest BCUT2D eigenvalue weighted by atomic mass is 32.2.